The number of piperidine rings is 1. The zero-order valence-corrected chi connectivity index (χ0v) is 10.2. The Morgan fingerprint density at radius 3 is 2.71 bits per heavy atom. The van der Waals surface area contributed by atoms with Crippen molar-refractivity contribution in [2.24, 2.45) is 0 Å². The van der Waals surface area contributed by atoms with E-state index < -0.39 is 0 Å². The van der Waals surface area contributed by atoms with Crippen molar-refractivity contribution in [3.05, 3.63) is 23.8 Å². The molecule has 0 atom stereocenters. The van der Waals surface area contributed by atoms with Gasteiger partial charge < -0.3 is 15.6 Å². The van der Waals surface area contributed by atoms with Gasteiger partial charge in [0.15, 0.2) is 0 Å². The first-order valence-electron chi connectivity index (χ1n) is 6.01. The number of hydrogen-bond acceptors (Lipinski definition) is 4. The molecular weight excluding hydrogens is 216 g/mol. The summed E-state index contributed by atoms with van der Waals surface area (Å²) in [5.41, 5.74) is 7.28. The number of nitrogen functional groups attached to an aromatic ring is 1. The Hall–Kier alpha value is -1.26. The molecule has 0 unspecified atom stereocenters. The highest BCUT2D eigenvalue weighted by Crippen LogP contribution is 2.22. The van der Waals surface area contributed by atoms with Gasteiger partial charge in [0.25, 0.3) is 0 Å². The van der Waals surface area contributed by atoms with Crippen molar-refractivity contribution in [3.8, 4) is 5.75 Å². The van der Waals surface area contributed by atoms with Gasteiger partial charge in [0.2, 0.25) is 0 Å². The Labute approximate surface area is 102 Å². The van der Waals surface area contributed by atoms with Crippen LogP contribution in [0.3, 0.4) is 0 Å². The lowest BCUT2D eigenvalue weighted by Gasteiger charge is -2.31. The number of methoxy groups -OCH3 is 1. The van der Waals surface area contributed by atoms with Crippen LogP contribution in [0.25, 0.3) is 0 Å². The summed E-state index contributed by atoms with van der Waals surface area (Å²) in [6.45, 7) is 3.00. The van der Waals surface area contributed by atoms with Crippen LogP contribution >= 0.6 is 0 Å². The maximum absolute atomic E-state index is 9.36. The number of nitrogens with zero attached hydrogens (tertiary/aromatic N) is 1. The van der Waals surface area contributed by atoms with Crippen molar-refractivity contribution < 1.29 is 9.84 Å². The monoisotopic (exact) mass is 236 g/mol. The number of phenols is 1. The molecule has 0 spiro atoms. The van der Waals surface area contributed by atoms with Crippen molar-refractivity contribution in [1.29, 1.82) is 0 Å². The molecule has 1 aromatic rings. The molecule has 1 heterocycles. The summed E-state index contributed by atoms with van der Waals surface area (Å²) in [5.74, 6) is 0.159. The predicted octanol–water partition coefficient (Wildman–Crippen LogP) is 1.59. The van der Waals surface area contributed by atoms with Crippen molar-refractivity contribution in [1.82, 2.24) is 4.90 Å². The number of ether oxygens (including phenoxy) is 1. The molecule has 1 aromatic carbocycles. The maximum atomic E-state index is 9.36. The Balaban J connectivity index is 1.91. The Bertz CT molecular complexity index is 374. The van der Waals surface area contributed by atoms with Gasteiger partial charge in [-0.1, -0.05) is 6.07 Å². The van der Waals surface area contributed by atoms with E-state index in [1.807, 2.05) is 12.1 Å². The minimum absolute atomic E-state index is 0.159. The molecule has 1 aliphatic heterocycles. The molecule has 1 aliphatic rings. The minimum atomic E-state index is 0.159. The molecule has 4 heteroatoms. The molecule has 1 fully saturated rings. The largest absolute Gasteiger partial charge is 0.506 e. The van der Waals surface area contributed by atoms with Gasteiger partial charge in [-0.25, -0.2) is 0 Å². The number of anilines is 1. The van der Waals surface area contributed by atoms with Gasteiger partial charge in [0.1, 0.15) is 5.75 Å². The van der Waals surface area contributed by atoms with Crippen LogP contribution in [0.1, 0.15) is 18.4 Å². The summed E-state index contributed by atoms with van der Waals surface area (Å²) in [6, 6.07) is 5.43. The lowest BCUT2D eigenvalue weighted by Crippen LogP contribution is -2.36. The third-order valence-electron chi connectivity index (χ3n) is 3.37. The van der Waals surface area contributed by atoms with Crippen LogP contribution in [0, 0.1) is 0 Å². The molecule has 0 aromatic heterocycles. The predicted molar refractivity (Wildman–Crippen MR) is 67.8 cm³/mol. The van der Waals surface area contributed by atoms with E-state index in [1.54, 1.807) is 13.2 Å². The van der Waals surface area contributed by atoms with Crippen molar-refractivity contribution in [2.45, 2.75) is 25.5 Å². The molecule has 1 saturated heterocycles. The molecule has 0 aliphatic carbocycles. The highest BCUT2D eigenvalue weighted by Gasteiger charge is 2.18. The van der Waals surface area contributed by atoms with Crippen LogP contribution in [-0.2, 0) is 11.3 Å². The molecule has 0 saturated carbocycles. The van der Waals surface area contributed by atoms with E-state index in [9.17, 15) is 5.11 Å². The smallest absolute Gasteiger partial charge is 0.138 e. The summed E-state index contributed by atoms with van der Waals surface area (Å²) in [5, 5.41) is 9.36. The van der Waals surface area contributed by atoms with E-state index in [0.717, 1.165) is 38.0 Å². The highest BCUT2D eigenvalue weighted by atomic mass is 16.5. The molecule has 0 radical (unpaired) electrons. The average molecular weight is 236 g/mol. The first-order valence-corrected chi connectivity index (χ1v) is 6.01. The zero-order chi connectivity index (χ0) is 12.3. The Morgan fingerprint density at radius 2 is 2.12 bits per heavy atom. The first kappa shape index (κ1) is 12.2. The van der Waals surface area contributed by atoms with Crippen molar-refractivity contribution >= 4 is 5.69 Å². The molecule has 3 N–H and O–H groups in total. The van der Waals surface area contributed by atoms with E-state index in [1.165, 1.54) is 0 Å². The fourth-order valence-electron chi connectivity index (χ4n) is 2.26. The fraction of sp³-hybridized carbons (Fsp3) is 0.538. The summed E-state index contributed by atoms with van der Waals surface area (Å²) in [7, 11) is 1.78. The van der Waals surface area contributed by atoms with Crippen LogP contribution in [0.4, 0.5) is 5.69 Å². The number of nitrogens with two attached hydrogens (primary N) is 1. The van der Waals surface area contributed by atoms with E-state index >= 15 is 0 Å². The number of benzene rings is 1. The van der Waals surface area contributed by atoms with E-state index in [-0.39, 0.29) is 5.75 Å². The fourth-order valence-corrected chi connectivity index (χ4v) is 2.26. The van der Waals surface area contributed by atoms with Gasteiger partial charge in [-0.3, -0.25) is 4.90 Å². The van der Waals surface area contributed by atoms with Crippen LogP contribution in [0.2, 0.25) is 0 Å². The first-order chi connectivity index (χ1) is 8.19. The van der Waals surface area contributed by atoms with Crippen LogP contribution in [0.5, 0.6) is 5.75 Å². The highest BCUT2D eigenvalue weighted by molar-refractivity contribution is 5.53. The van der Waals surface area contributed by atoms with Gasteiger partial charge in [0, 0.05) is 26.7 Å². The minimum Gasteiger partial charge on any atom is -0.506 e. The molecule has 2 rings (SSSR count). The molecule has 4 nitrogen and oxygen atoms in total. The van der Waals surface area contributed by atoms with Crippen molar-refractivity contribution in [2.75, 3.05) is 25.9 Å². The topological polar surface area (TPSA) is 58.7 Å². The van der Waals surface area contributed by atoms with E-state index in [4.69, 9.17) is 10.5 Å². The van der Waals surface area contributed by atoms with Gasteiger partial charge in [0.05, 0.1) is 11.8 Å². The molecule has 17 heavy (non-hydrogen) atoms. The van der Waals surface area contributed by atoms with Crippen LogP contribution in [0.15, 0.2) is 18.2 Å². The Morgan fingerprint density at radius 1 is 1.41 bits per heavy atom. The lowest BCUT2D eigenvalue weighted by atomic mass is 10.1. The number of hydrogen-bond donors (Lipinski definition) is 2. The summed E-state index contributed by atoms with van der Waals surface area (Å²) in [6.07, 6.45) is 2.59. The summed E-state index contributed by atoms with van der Waals surface area (Å²) >= 11 is 0. The summed E-state index contributed by atoms with van der Waals surface area (Å²) < 4.78 is 5.34. The molecule has 0 bridgehead atoms. The maximum Gasteiger partial charge on any atom is 0.138 e. The standard InChI is InChI=1S/C13H20N2O2/c1-17-11-4-6-15(7-5-11)9-10-2-3-13(16)12(14)8-10/h2-3,8,11,16H,4-7,9,14H2,1H3. The lowest BCUT2D eigenvalue weighted by molar-refractivity contribution is 0.0389. The van der Waals surface area contributed by atoms with Gasteiger partial charge in [-0.15, -0.1) is 0 Å². The SMILES string of the molecule is COC1CCN(Cc2ccc(O)c(N)c2)CC1. The molecule has 0 amide bonds. The quantitative estimate of drug-likeness (QED) is 0.618. The average Bonchev–Trinajstić information content (AvgIpc) is 2.35. The van der Waals surface area contributed by atoms with Gasteiger partial charge in [-0.05, 0) is 30.5 Å². The van der Waals surface area contributed by atoms with Crippen molar-refractivity contribution in [3.63, 3.8) is 0 Å². The number of rotatable bonds is 3. The van der Waals surface area contributed by atoms with Gasteiger partial charge in [-0.2, -0.15) is 0 Å². The van der Waals surface area contributed by atoms with E-state index in [0.29, 0.717) is 11.8 Å². The number of phenolic OH excluding ortho intramolecular Hbond substituents is 1. The third-order valence-corrected chi connectivity index (χ3v) is 3.37. The second kappa shape index (κ2) is 5.38. The third kappa shape index (κ3) is 3.11. The second-order valence-electron chi connectivity index (χ2n) is 4.60. The van der Waals surface area contributed by atoms with Crippen LogP contribution in [-0.4, -0.2) is 36.3 Å². The normalized spacial score (nSPS) is 18.4. The number of aromatic hydroxyl groups is 1. The molecular formula is C13H20N2O2. The van der Waals surface area contributed by atoms with E-state index in [2.05, 4.69) is 4.90 Å². The second-order valence-corrected chi connectivity index (χ2v) is 4.60. The Kier molecular flexibility index (Phi) is 3.86. The van der Waals surface area contributed by atoms with Crippen LogP contribution < -0.4 is 5.73 Å². The zero-order valence-electron chi connectivity index (χ0n) is 10.2. The summed E-state index contributed by atoms with van der Waals surface area (Å²) in [4.78, 5) is 2.39. The van der Waals surface area contributed by atoms with Gasteiger partial charge >= 0.3 is 0 Å². The number of likely N-dealkylation sites (tertiary alicyclic amines) is 1. The molecule has 94 valence electrons.